The molecule has 0 saturated carbocycles. The number of carbonyl (C=O) groups is 2. The fourth-order valence-corrected chi connectivity index (χ4v) is 6.22. The van der Waals surface area contributed by atoms with Crippen molar-refractivity contribution in [2.75, 3.05) is 13.2 Å². The van der Waals surface area contributed by atoms with Crippen LogP contribution in [0.4, 0.5) is 4.39 Å². The first-order valence-electron chi connectivity index (χ1n) is 13.6. The lowest BCUT2D eigenvalue weighted by Crippen LogP contribution is -2.39. The molecule has 0 radical (unpaired) electrons. The molecule has 0 spiro atoms. The number of halogens is 1. The summed E-state index contributed by atoms with van der Waals surface area (Å²) < 4.78 is 28.2. The Balaban J connectivity index is 1.61. The number of carbonyl (C=O) groups excluding carboxylic acids is 2. The molecule has 42 heavy (non-hydrogen) atoms. The Morgan fingerprint density at radius 3 is 2.26 bits per heavy atom. The van der Waals surface area contributed by atoms with Crippen LogP contribution >= 0.6 is 11.3 Å². The van der Waals surface area contributed by atoms with E-state index >= 15 is 0 Å². The number of hydrogen-bond donors (Lipinski definition) is 0. The van der Waals surface area contributed by atoms with E-state index in [2.05, 4.69) is 4.99 Å². The standard InChI is InChI=1S/C32H30FN3O5S/c1-6-40-30(38)22-10-14-25(15-11-22)35-18(3)16-23(20(35)5)17-26-29(37)36-28(21-8-12-24(33)13-9-21)27(31(39)41-7-2)19(4)34-32(36)42-26/h8-17,28H,6-7H2,1-5H3/b26-17-/t28-/m0/s1. The van der Waals surface area contributed by atoms with Crippen LogP contribution in [0.3, 0.4) is 0 Å². The van der Waals surface area contributed by atoms with Gasteiger partial charge in [0, 0.05) is 17.1 Å². The lowest BCUT2D eigenvalue weighted by Gasteiger charge is -2.24. The molecule has 4 aromatic rings. The summed E-state index contributed by atoms with van der Waals surface area (Å²) in [5, 5.41) is 0. The van der Waals surface area contributed by atoms with Gasteiger partial charge in [-0.25, -0.2) is 19.0 Å². The Morgan fingerprint density at radius 2 is 1.62 bits per heavy atom. The van der Waals surface area contributed by atoms with Gasteiger partial charge in [0.2, 0.25) is 0 Å². The molecular formula is C32H30FN3O5S. The zero-order valence-electron chi connectivity index (χ0n) is 23.9. The van der Waals surface area contributed by atoms with Crippen molar-refractivity contribution in [3.05, 3.63) is 119 Å². The number of nitrogens with zero attached hydrogens (tertiary/aromatic N) is 3. The summed E-state index contributed by atoms with van der Waals surface area (Å²) >= 11 is 1.23. The van der Waals surface area contributed by atoms with E-state index in [1.54, 1.807) is 45.0 Å². The number of benzene rings is 2. The van der Waals surface area contributed by atoms with Gasteiger partial charge in [-0.2, -0.15) is 0 Å². The number of allylic oxidation sites excluding steroid dienone is 1. The second-order valence-electron chi connectivity index (χ2n) is 9.78. The molecule has 8 nitrogen and oxygen atoms in total. The van der Waals surface area contributed by atoms with E-state index in [1.807, 2.05) is 42.7 Å². The maximum Gasteiger partial charge on any atom is 0.338 e. The van der Waals surface area contributed by atoms with Crippen LogP contribution < -0.4 is 14.9 Å². The van der Waals surface area contributed by atoms with Crippen molar-refractivity contribution >= 4 is 29.4 Å². The third-order valence-corrected chi connectivity index (χ3v) is 8.08. The maximum absolute atomic E-state index is 13.9. The molecule has 1 aliphatic heterocycles. The second-order valence-corrected chi connectivity index (χ2v) is 10.8. The van der Waals surface area contributed by atoms with Gasteiger partial charge in [-0.1, -0.05) is 23.5 Å². The highest BCUT2D eigenvalue weighted by atomic mass is 32.1. The fourth-order valence-electron chi connectivity index (χ4n) is 5.19. The predicted octanol–water partition coefficient (Wildman–Crippen LogP) is 4.52. The molecule has 0 N–H and O–H groups in total. The van der Waals surface area contributed by atoms with Crippen LogP contribution in [0.15, 0.2) is 75.7 Å². The van der Waals surface area contributed by atoms with Gasteiger partial charge in [-0.3, -0.25) is 9.36 Å². The molecule has 0 fully saturated rings. The number of esters is 2. The molecule has 0 saturated heterocycles. The minimum Gasteiger partial charge on any atom is -0.463 e. The zero-order valence-corrected chi connectivity index (χ0v) is 24.8. The van der Waals surface area contributed by atoms with Crippen LogP contribution in [-0.2, 0) is 14.3 Å². The van der Waals surface area contributed by atoms with Crippen LogP contribution in [0.1, 0.15) is 59.7 Å². The highest BCUT2D eigenvalue weighted by Crippen LogP contribution is 2.31. The Morgan fingerprint density at radius 1 is 0.976 bits per heavy atom. The van der Waals surface area contributed by atoms with Crippen LogP contribution in [0.2, 0.25) is 0 Å². The average Bonchev–Trinajstić information content (AvgIpc) is 3.42. The van der Waals surface area contributed by atoms with Gasteiger partial charge >= 0.3 is 11.9 Å². The topological polar surface area (TPSA) is 91.9 Å². The molecule has 0 aliphatic carbocycles. The van der Waals surface area contributed by atoms with Gasteiger partial charge in [0.05, 0.1) is 40.6 Å². The lowest BCUT2D eigenvalue weighted by molar-refractivity contribution is -0.139. The van der Waals surface area contributed by atoms with E-state index in [9.17, 15) is 18.8 Å². The minimum absolute atomic E-state index is 0.164. The lowest BCUT2D eigenvalue weighted by atomic mass is 9.96. The summed E-state index contributed by atoms with van der Waals surface area (Å²) in [7, 11) is 0. The molecule has 0 amide bonds. The van der Waals surface area contributed by atoms with Crippen LogP contribution in [0, 0.1) is 19.7 Å². The van der Waals surface area contributed by atoms with E-state index in [1.165, 1.54) is 28.0 Å². The van der Waals surface area contributed by atoms with Crippen molar-refractivity contribution in [1.29, 1.82) is 0 Å². The van der Waals surface area contributed by atoms with Crippen LogP contribution in [-0.4, -0.2) is 34.3 Å². The summed E-state index contributed by atoms with van der Waals surface area (Å²) in [6, 6.07) is 14.1. The summed E-state index contributed by atoms with van der Waals surface area (Å²) in [5.41, 5.74) is 4.97. The molecule has 2 aromatic carbocycles. The van der Waals surface area contributed by atoms with E-state index in [4.69, 9.17) is 9.47 Å². The van der Waals surface area contributed by atoms with Crippen molar-refractivity contribution in [3.63, 3.8) is 0 Å². The Hall–Kier alpha value is -4.57. The number of aromatic nitrogens is 2. The molecular weight excluding hydrogens is 557 g/mol. The average molecular weight is 588 g/mol. The van der Waals surface area contributed by atoms with Gasteiger partial charge in [0.1, 0.15) is 5.82 Å². The maximum atomic E-state index is 13.9. The molecule has 1 atom stereocenters. The van der Waals surface area contributed by atoms with Gasteiger partial charge in [-0.05, 0) is 94.3 Å². The Kier molecular flexibility index (Phi) is 8.08. The van der Waals surface area contributed by atoms with Crippen molar-refractivity contribution in [3.8, 4) is 5.69 Å². The summed E-state index contributed by atoms with van der Waals surface area (Å²) in [4.78, 5) is 44.0. The Labute approximate surface area is 245 Å². The largest absolute Gasteiger partial charge is 0.463 e. The first-order valence-corrected chi connectivity index (χ1v) is 14.4. The fraction of sp³-hybridized carbons (Fsp3) is 0.250. The molecule has 10 heteroatoms. The van der Waals surface area contributed by atoms with Gasteiger partial charge in [-0.15, -0.1) is 0 Å². The molecule has 216 valence electrons. The van der Waals surface area contributed by atoms with E-state index in [-0.39, 0.29) is 23.7 Å². The monoisotopic (exact) mass is 587 g/mol. The molecule has 5 rings (SSSR count). The smallest absolute Gasteiger partial charge is 0.338 e. The number of hydrogen-bond acceptors (Lipinski definition) is 7. The third-order valence-electron chi connectivity index (χ3n) is 7.10. The number of thiazole rings is 1. The summed E-state index contributed by atoms with van der Waals surface area (Å²) in [6.45, 7) is 9.58. The third kappa shape index (κ3) is 5.25. The van der Waals surface area contributed by atoms with Gasteiger partial charge in [0.25, 0.3) is 5.56 Å². The summed E-state index contributed by atoms with van der Waals surface area (Å²) in [6.07, 6.45) is 1.82. The number of rotatable bonds is 7. The highest BCUT2D eigenvalue weighted by molar-refractivity contribution is 7.07. The molecule has 1 aliphatic rings. The summed E-state index contributed by atoms with van der Waals surface area (Å²) in [5.74, 6) is -1.36. The number of ether oxygens (including phenoxy) is 2. The van der Waals surface area contributed by atoms with E-state index in [0.29, 0.717) is 32.8 Å². The molecule has 2 aromatic heterocycles. The van der Waals surface area contributed by atoms with Gasteiger partial charge < -0.3 is 14.0 Å². The highest BCUT2D eigenvalue weighted by Gasteiger charge is 2.33. The van der Waals surface area contributed by atoms with Crippen molar-refractivity contribution in [1.82, 2.24) is 9.13 Å². The zero-order chi connectivity index (χ0) is 30.1. The first kappa shape index (κ1) is 28.9. The van der Waals surface area contributed by atoms with E-state index < -0.39 is 17.8 Å². The number of aryl methyl sites for hydroxylation is 1. The van der Waals surface area contributed by atoms with Gasteiger partial charge in [0.15, 0.2) is 4.80 Å². The quantitative estimate of drug-likeness (QED) is 0.297. The molecule has 3 heterocycles. The minimum atomic E-state index is -0.812. The molecule has 0 unspecified atom stereocenters. The van der Waals surface area contributed by atoms with Crippen molar-refractivity contribution in [2.45, 2.75) is 40.7 Å². The normalized spacial score (nSPS) is 14.9. The van der Waals surface area contributed by atoms with Crippen molar-refractivity contribution < 1.29 is 23.5 Å². The second kappa shape index (κ2) is 11.7. The van der Waals surface area contributed by atoms with Crippen molar-refractivity contribution in [2.24, 2.45) is 4.99 Å². The van der Waals surface area contributed by atoms with E-state index in [0.717, 1.165) is 22.6 Å². The molecule has 0 bridgehead atoms. The Bertz CT molecular complexity index is 1900. The van der Waals surface area contributed by atoms with Crippen LogP contribution in [0.25, 0.3) is 11.8 Å². The first-order chi connectivity index (χ1) is 20.1. The SMILES string of the molecule is CCOC(=O)C1=C(C)N=c2s/c(=C\c3cc(C)n(-c4ccc(C(=O)OCC)cc4)c3C)c(=O)n2[C@H]1c1ccc(F)cc1. The number of fused-ring (bicyclic) bond motifs is 1. The predicted molar refractivity (Wildman–Crippen MR) is 158 cm³/mol. The van der Waals surface area contributed by atoms with Crippen LogP contribution in [0.5, 0.6) is 0 Å².